The quantitative estimate of drug-likeness (QED) is 0.633. The molecule has 1 unspecified atom stereocenters. The van der Waals surface area contributed by atoms with Gasteiger partial charge in [0.25, 0.3) is 5.79 Å². The molecule has 3 rings (SSSR count). The average Bonchev–Trinajstić information content (AvgIpc) is 2.68. The van der Waals surface area contributed by atoms with Crippen molar-refractivity contribution in [1.29, 1.82) is 0 Å². The predicted molar refractivity (Wildman–Crippen MR) is 58.6 cm³/mol. The van der Waals surface area contributed by atoms with Crippen molar-refractivity contribution >= 4 is 5.78 Å². The van der Waals surface area contributed by atoms with E-state index in [1.807, 2.05) is 0 Å². The van der Waals surface area contributed by atoms with Gasteiger partial charge in [-0.3, -0.25) is 4.79 Å². The second-order valence-corrected chi connectivity index (χ2v) is 5.81. The lowest BCUT2D eigenvalue weighted by atomic mass is 10.1. The largest absolute Gasteiger partial charge is 0.348 e. The van der Waals surface area contributed by atoms with E-state index in [4.69, 9.17) is 23.7 Å². The van der Waals surface area contributed by atoms with Crippen LogP contribution in [0.15, 0.2) is 0 Å². The molecule has 0 aromatic carbocycles. The average molecular weight is 258 g/mol. The highest BCUT2D eigenvalue weighted by molar-refractivity contribution is 5.93. The maximum Gasteiger partial charge on any atom is 0.259 e. The maximum atomic E-state index is 12.4. The molecule has 6 nitrogen and oxygen atoms in total. The molecule has 18 heavy (non-hydrogen) atoms. The maximum absolute atomic E-state index is 12.4. The normalized spacial score (nSPS) is 45.4. The van der Waals surface area contributed by atoms with Crippen LogP contribution in [0.5, 0.6) is 0 Å². The van der Waals surface area contributed by atoms with Crippen LogP contribution in [-0.2, 0) is 28.5 Å². The fraction of sp³-hybridized carbons (Fsp3) is 0.917. The van der Waals surface area contributed by atoms with E-state index in [0.717, 1.165) is 0 Å². The number of carbonyl (C=O) groups excluding carboxylic acids is 1. The molecule has 3 aliphatic heterocycles. The van der Waals surface area contributed by atoms with Crippen molar-refractivity contribution in [2.45, 2.75) is 57.3 Å². The number of hydrogen-bond donors (Lipinski definition) is 0. The Morgan fingerprint density at radius 1 is 1.06 bits per heavy atom. The third kappa shape index (κ3) is 1.80. The second-order valence-electron chi connectivity index (χ2n) is 5.81. The van der Waals surface area contributed by atoms with Crippen molar-refractivity contribution < 1.29 is 28.5 Å². The third-order valence-electron chi connectivity index (χ3n) is 3.34. The molecule has 0 N–H and O–H groups in total. The van der Waals surface area contributed by atoms with Crippen molar-refractivity contribution in [2.75, 3.05) is 13.2 Å². The summed E-state index contributed by atoms with van der Waals surface area (Å²) in [5.41, 5.74) is 0. The number of ketones is 1. The van der Waals surface area contributed by atoms with Gasteiger partial charge >= 0.3 is 0 Å². The van der Waals surface area contributed by atoms with Crippen LogP contribution in [0.3, 0.4) is 0 Å². The molecular formula is C12H18O6. The molecule has 3 atom stereocenters. The lowest BCUT2D eigenvalue weighted by Crippen LogP contribution is -2.49. The van der Waals surface area contributed by atoms with Crippen LogP contribution in [0, 0.1) is 0 Å². The minimum atomic E-state index is -1.33. The Morgan fingerprint density at radius 2 is 1.78 bits per heavy atom. The van der Waals surface area contributed by atoms with Crippen molar-refractivity contribution in [1.82, 2.24) is 0 Å². The summed E-state index contributed by atoms with van der Waals surface area (Å²) in [5, 5.41) is 0. The van der Waals surface area contributed by atoms with Gasteiger partial charge in [-0.05, 0) is 27.7 Å². The van der Waals surface area contributed by atoms with Gasteiger partial charge in [-0.15, -0.1) is 0 Å². The first-order chi connectivity index (χ1) is 8.23. The zero-order valence-corrected chi connectivity index (χ0v) is 11.0. The van der Waals surface area contributed by atoms with Crippen LogP contribution in [0.25, 0.3) is 0 Å². The van der Waals surface area contributed by atoms with Crippen molar-refractivity contribution in [2.24, 2.45) is 0 Å². The highest BCUT2D eigenvalue weighted by atomic mass is 16.9. The second kappa shape index (κ2) is 3.52. The first kappa shape index (κ1) is 12.5. The number of carbonyl (C=O) groups is 1. The SMILES string of the molecule is CC1(C)OC[C@H]2O[C@]3(COC(C)(C)O3)C(=O)C2O1. The molecular weight excluding hydrogens is 240 g/mol. The van der Waals surface area contributed by atoms with Crippen LogP contribution >= 0.6 is 0 Å². The lowest BCUT2D eigenvalue weighted by Gasteiger charge is -2.35. The van der Waals surface area contributed by atoms with E-state index in [1.54, 1.807) is 27.7 Å². The predicted octanol–water partition coefficient (Wildman–Crippen LogP) is 0.585. The Bertz CT molecular complexity index is 388. The van der Waals surface area contributed by atoms with E-state index >= 15 is 0 Å². The van der Waals surface area contributed by atoms with Crippen LogP contribution in [-0.4, -0.2) is 48.6 Å². The summed E-state index contributed by atoms with van der Waals surface area (Å²) in [4.78, 5) is 12.4. The molecule has 6 heteroatoms. The van der Waals surface area contributed by atoms with Gasteiger partial charge in [0.05, 0.1) is 6.61 Å². The summed E-state index contributed by atoms with van der Waals surface area (Å²) < 4.78 is 27.9. The standard InChI is InChI=1S/C12H18O6/c1-10(2)14-5-7-8(17-10)9(13)12(16-7)6-15-11(3,4)18-12/h7-8H,5-6H2,1-4H3/t7-,8?,12+/m1/s1. The fourth-order valence-electron chi connectivity index (χ4n) is 2.53. The molecule has 0 saturated carbocycles. The molecule has 0 bridgehead atoms. The van der Waals surface area contributed by atoms with Gasteiger partial charge in [-0.2, -0.15) is 0 Å². The van der Waals surface area contributed by atoms with Gasteiger partial charge in [-0.25, -0.2) is 0 Å². The zero-order valence-electron chi connectivity index (χ0n) is 11.0. The Balaban J connectivity index is 1.84. The van der Waals surface area contributed by atoms with E-state index in [-0.39, 0.29) is 12.4 Å². The van der Waals surface area contributed by atoms with Gasteiger partial charge in [0.15, 0.2) is 17.7 Å². The molecule has 0 amide bonds. The number of ether oxygens (including phenoxy) is 5. The van der Waals surface area contributed by atoms with E-state index in [0.29, 0.717) is 6.61 Å². The highest BCUT2D eigenvalue weighted by Crippen LogP contribution is 2.42. The Labute approximate surface area is 105 Å². The summed E-state index contributed by atoms with van der Waals surface area (Å²) in [6.07, 6.45) is -1.07. The number of rotatable bonds is 0. The van der Waals surface area contributed by atoms with Crippen LogP contribution in [0.1, 0.15) is 27.7 Å². The Morgan fingerprint density at radius 3 is 2.39 bits per heavy atom. The molecule has 1 spiro atoms. The summed E-state index contributed by atoms with van der Waals surface area (Å²) in [6.45, 7) is 7.46. The Kier molecular flexibility index (Phi) is 2.44. The number of hydrogen-bond acceptors (Lipinski definition) is 6. The zero-order chi connectivity index (χ0) is 13.2. The van der Waals surface area contributed by atoms with Crippen molar-refractivity contribution in [3.8, 4) is 0 Å². The molecule has 0 aromatic heterocycles. The molecule has 102 valence electrons. The van der Waals surface area contributed by atoms with Crippen LogP contribution in [0.2, 0.25) is 0 Å². The van der Waals surface area contributed by atoms with Gasteiger partial charge in [0.1, 0.15) is 12.7 Å². The smallest absolute Gasteiger partial charge is 0.259 e. The van der Waals surface area contributed by atoms with Gasteiger partial charge in [0, 0.05) is 0 Å². The van der Waals surface area contributed by atoms with E-state index < -0.39 is 29.6 Å². The molecule has 0 aliphatic carbocycles. The van der Waals surface area contributed by atoms with Crippen LogP contribution in [0.4, 0.5) is 0 Å². The molecule has 0 aromatic rings. The van der Waals surface area contributed by atoms with E-state index in [1.165, 1.54) is 0 Å². The molecule has 3 heterocycles. The van der Waals surface area contributed by atoms with Crippen molar-refractivity contribution in [3.63, 3.8) is 0 Å². The molecule has 0 radical (unpaired) electrons. The monoisotopic (exact) mass is 258 g/mol. The van der Waals surface area contributed by atoms with E-state index in [9.17, 15) is 4.79 Å². The number of fused-ring (bicyclic) bond motifs is 1. The fourth-order valence-corrected chi connectivity index (χ4v) is 2.53. The van der Waals surface area contributed by atoms with Crippen LogP contribution < -0.4 is 0 Å². The summed E-state index contributed by atoms with van der Waals surface area (Å²) >= 11 is 0. The van der Waals surface area contributed by atoms with Gasteiger partial charge in [0.2, 0.25) is 5.78 Å². The third-order valence-corrected chi connectivity index (χ3v) is 3.34. The summed E-state index contributed by atoms with van der Waals surface area (Å²) in [7, 11) is 0. The highest BCUT2D eigenvalue weighted by Gasteiger charge is 2.64. The summed E-state index contributed by atoms with van der Waals surface area (Å²) in [6, 6.07) is 0. The topological polar surface area (TPSA) is 63.2 Å². The minimum absolute atomic E-state index is 0.0929. The first-order valence-electron chi connectivity index (χ1n) is 6.11. The molecule has 3 aliphatic rings. The number of Topliss-reactive ketones (excluding diaryl/α,β-unsaturated/α-hetero) is 1. The molecule has 3 fully saturated rings. The van der Waals surface area contributed by atoms with Gasteiger partial charge in [-0.1, -0.05) is 0 Å². The van der Waals surface area contributed by atoms with E-state index in [2.05, 4.69) is 0 Å². The Hall–Kier alpha value is -0.530. The lowest BCUT2D eigenvalue weighted by molar-refractivity contribution is -0.303. The molecule has 3 saturated heterocycles. The summed E-state index contributed by atoms with van der Waals surface area (Å²) in [5.74, 6) is -3.14. The first-order valence-corrected chi connectivity index (χ1v) is 6.11. The van der Waals surface area contributed by atoms with Gasteiger partial charge < -0.3 is 23.7 Å². The van der Waals surface area contributed by atoms with Crippen molar-refractivity contribution in [3.05, 3.63) is 0 Å². The minimum Gasteiger partial charge on any atom is -0.348 e.